The number of aliphatic hydroxyl groups is 2. The van der Waals surface area contributed by atoms with Gasteiger partial charge < -0.3 is 20.0 Å². The number of pyridine rings is 1. The normalized spacial score (nSPS) is 18.6. The number of piperazine rings is 1. The van der Waals surface area contributed by atoms with E-state index in [1.807, 2.05) is 6.92 Å². The molecule has 3 heterocycles. The number of fused-ring (bicyclic) bond motifs is 1. The summed E-state index contributed by atoms with van der Waals surface area (Å²) in [5, 5.41) is 22.5. The maximum atomic E-state index is 14.6. The minimum atomic E-state index is -1.22. The summed E-state index contributed by atoms with van der Waals surface area (Å²) in [7, 11) is 0. The third-order valence-corrected chi connectivity index (χ3v) is 6.33. The fraction of sp³-hybridized carbons (Fsp3) is 0.381. The smallest absolute Gasteiger partial charge is 0.324 e. The summed E-state index contributed by atoms with van der Waals surface area (Å²) in [6.07, 6.45) is -0.918. The molecule has 1 aliphatic heterocycles. The number of halogens is 2. The first-order chi connectivity index (χ1) is 15.2. The number of urea groups is 1. The second-order valence-corrected chi connectivity index (χ2v) is 8.84. The van der Waals surface area contributed by atoms with Crippen molar-refractivity contribution in [3.63, 3.8) is 0 Å². The van der Waals surface area contributed by atoms with E-state index in [2.05, 4.69) is 15.3 Å². The van der Waals surface area contributed by atoms with E-state index < -0.39 is 18.0 Å². The maximum absolute atomic E-state index is 14.6. The second kappa shape index (κ2) is 8.93. The van der Waals surface area contributed by atoms with Crippen LogP contribution in [0, 0.1) is 11.6 Å². The van der Waals surface area contributed by atoms with Gasteiger partial charge in [0.2, 0.25) is 0 Å². The number of carbonyl (C=O) groups excluding carboxylic acids is 1. The molecule has 3 aromatic rings. The molecule has 32 heavy (non-hydrogen) atoms. The van der Waals surface area contributed by atoms with E-state index in [0.29, 0.717) is 35.0 Å². The zero-order chi connectivity index (χ0) is 23.0. The Morgan fingerprint density at radius 3 is 2.75 bits per heavy atom. The predicted octanol–water partition coefficient (Wildman–Crippen LogP) is 3.13. The monoisotopic (exact) mass is 463 g/mol. The van der Waals surface area contributed by atoms with Crippen molar-refractivity contribution in [2.24, 2.45) is 0 Å². The van der Waals surface area contributed by atoms with E-state index >= 15 is 0 Å². The molecule has 3 N–H and O–H groups in total. The molecule has 11 heteroatoms. The van der Waals surface area contributed by atoms with E-state index in [4.69, 9.17) is 0 Å². The SMILES string of the molecule is CC1CN(c2ncc([C@H](O)[C@H](C)O)cc2F)CCN1C(=O)Nc1nc2ccc(F)cc2s1. The molecule has 1 aromatic carbocycles. The summed E-state index contributed by atoms with van der Waals surface area (Å²) >= 11 is 1.19. The van der Waals surface area contributed by atoms with Gasteiger partial charge in [-0.05, 0) is 38.1 Å². The molecule has 4 rings (SSSR count). The van der Waals surface area contributed by atoms with Crippen molar-refractivity contribution in [3.05, 3.63) is 47.7 Å². The molecule has 1 saturated heterocycles. The van der Waals surface area contributed by atoms with Crippen molar-refractivity contribution in [1.82, 2.24) is 14.9 Å². The summed E-state index contributed by atoms with van der Waals surface area (Å²) in [6.45, 7) is 4.33. The highest BCUT2D eigenvalue weighted by atomic mass is 32.1. The lowest BCUT2D eigenvalue weighted by molar-refractivity contribution is 0.0301. The summed E-state index contributed by atoms with van der Waals surface area (Å²) in [5.41, 5.74) is 0.804. The van der Waals surface area contributed by atoms with Gasteiger partial charge in [-0.25, -0.2) is 23.5 Å². The van der Waals surface area contributed by atoms with E-state index in [0.717, 1.165) is 0 Å². The zero-order valence-electron chi connectivity index (χ0n) is 17.5. The van der Waals surface area contributed by atoms with Gasteiger partial charge in [0, 0.05) is 37.4 Å². The number of hydrogen-bond donors (Lipinski definition) is 3. The lowest BCUT2D eigenvalue weighted by atomic mass is 10.1. The highest BCUT2D eigenvalue weighted by Gasteiger charge is 2.30. The van der Waals surface area contributed by atoms with Crippen LogP contribution < -0.4 is 10.2 Å². The number of nitrogens with one attached hydrogen (secondary N) is 1. The van der Waals surface area contributed by atoms with Gasteiger partial charge in [-0.1, -0.05) is 11.3 Å². The molecule has 0 bridgehead atoms. The third-order valence-electron chi connectivity index (χ3n) is 5.39. The second-order valence-electron chi connectivity index (χ2n) is 7.81. The topological polar surface area (TPSA) is 102 Å². The molecule has 170 valence electrons. The van der Waals surface area contributed by atoms with Crippen molar-refractivity contribution < 1.29 is 23.8 Å². The number of carbonyl (C=O) groups is 1. The summed E-state index contributed by atoms with van der Waals surface area (Å²) < 4.78 is 28.7. The lowest BCUT2D eigenvalue weighted by Crippen LogP contribution is -2.55. The average Bonchev–Trinajstić information content (AvgIpc) is 3.14. The Morgan fingerprint density at radius 2 is 2.06 bits per heavy atom. The Kier molecular flexibility index (Phi) is 6.22. The van der Waals surface area contributed by atoms with E-state index in [1.54, 1.807) is 15.9 Å². The van der Waals surface area contributed by atoms with Crippen LogP contribution in [0.15, 0.2) is 30.5 Å². The number of amides is 2. The van der Waals surface area contributed by atoms with Crippen LogP contribution in [0.25, 0.3) is 10.2 Å². The number of anilines is 2. The van der Waals surface area contributed by atoms with Crippen molar-refractivity contribution >= 4 is 38.5 Å². The van der Waals surface area contributed by atoms with Crippen molar-refractivity contribution in [3.8, 4) is 0 Å². The molecule has 0 spiro atoms. The molecular formula is C21H23F2N5O3S. The molecule has 1 aliphatic rings. The van der Waals surface area contributed by atoms with Crippen LogP contribution in [0.3, 0.4) is 0 Å². The van der Waals surface area contributed by atoms with Crippen LogP contribution in [0.1, 0.15) is 25.5 Å². The molecule has 8 nitrogen and oxygen atoms in total. The summed E-state index contributed by atoms with van der Waals surface area (Å²) in [4.78, 5) is 24.6. The first kappa shape index (κ1) is 22.3. The van der Waals surface area contributed by atoms with Crippen LogP contribution in [0.2, 0.25) is 0 Å². The van der Waals surface area contributed by atoms with Crippen molar-refractivity contribution in [2.75, 3.05) is 29.9 Å². The van der Waals surface area contributed by atoms with Crippen LogP contribution >= 0.6 is 11.3 Å². The Labute approximate surface area is 187 Å². The van der Waals surface area contributed by atoms with Crippen LogP contribution in [0.4, 0.5) is 24.5 Å². The highest BCUT2D eigenvalue weighted by molar-refractivity contribution is 7.22. The van der Waals surface area contributed by atoms with Gasteiger partial charge in [-0.2, -0.15) is 0 Å². The number of benzene rings is 1. The van der Waals surface area contributed by atoms with Crippen molar-refractivity contribution in [1.29, 1.82) is 0 Å². The number of rotatable bonds is 4. The molecular weight excluding hydrogens is 440 g/mol. The van der Waals surface area contributed by atoms with Crippen LogP contribution in [0.5, 0.6) is 0 Å². The molecule has 0 saturated carbocycles. The number of aliphatic hydroxyl groups excluding tert-OH is 2. The van der Waals surface area contributed by atoms with Gasteiger partial charge in [-0.3, -0.25) is 5.32 Å². The van der Waals surface area contributed by atoms with Gasteiger partial charge >= 0.3 is 6.03 Å². The fourth-order valence-electron chi connectivity index (χ4n) is 3.69. The summed E-state index contributed by atoms with van der Waals surface area (Å²) in [5.74, 6) is -0.835. The molecule has 1 unspecified atom stereocenters. The van der Waals surface area contributed by atoms with Gasteiger partial charge in [0.1, 0.15) is 11.9 Å². The van der Waals surface area contributed by atoms with Gasteiger partial charge in [0.05, 0.1) is 16.3 Å². The van der Waals surface area contributed by atoms with E-state index in [9.17, 15) is 23.8 Å². The van der Waals surface area contributed by atoms with E-state index in [-0.39, 0.29) is 29.3 Å². The Morgan fingerprint density at radius 1 is 1.28 bits per heavy atom. The quantitative estimate of drug-likeness (QED) is 0.550. The average molecular weight is 464 g/mol. The molecule has 0 aliphatic carbocycles. The van der Waals surface area contributed by atoms with Crippen LogP contribution in [-0.2, 0) is 0 Å². The van der Waals surface area contributed by atoms with Crippen molar-refractivity contribution in [2.45, 2.75) is 32.1 Å². The molecule has 3 atom stereocenters. The van der Waals surface area contributed by atoms with Gasteiger partial charge in [0.25, 0.3) is 0 Å². The lowest BCUT2D eigenvalue weighted by Gasteiger charge is -2.40. The Bertz CT molecular complexity index is 1140. The number of aromatic nitrogens is 2. The predicted molar refractivity (Wildman–Crippen MR) is 118 cm³/mol. The van der Waals surface area contributed by atoms with Crippen LogP contribution in [-0.4, -0.2) is 62.9 Å². The molecule has 0 radical (unpaired) electrons. The number of nitrogens with zero attached hydrogens (tertiary/aromatic N) is 4. The Hall–Kier alpha value is -2.89. The van der Waals surface area contributed by atoms with E-state index in [1.165, 1.54) is 42.7 Å². The fourth-order valence-corrected chi connectivity index (χ4v) is 4.57. The minimum Gasteiger partial charge on any atom is -0.390 e. The first-order valence-corrected chi connectivity index (χ1v) is 10.9. The summed E-state index contributed by atoms with van der Waals surface area (Å²) in [6, 6.07) is 4.85. The zero-order valence-corrected chi connectivity index (χ0v) is 18.3. The Balaban J connectivity index is 1.42. The molecule has 2 amide bonds. The highest BCUT2D eigenvalue weighted by Crippen LogP contribution is 2.28. The maximum Gasteiger partial charge on any atom is 0.324 e. The van der Waals surface area contributed by atoms with Gasteiger partial charge in [-0.15, -0.1) is 0 Å². The number of hydrogen-bond acceptors (Lipinski definition) is 7. The first-order valence-electron chi connectivity index (χ1n) is 10.1. The molecule has 1 fully saturated rings. The minimum absolute atomic E-state index is 0.131. The molecule has 2 aromatic heterocycles. The standard InChI is InChI=1S/C21H23F2N5O3S/c1-11-10-27(19-15(23)7-13(9-24-19)18(30)12(2)29)5-6-28(11)21(31)26-20-25-16-4-3-14(22)8-17(16)32-20/h3-4,7-9,11-12,18,29-30H,5-6,10H2,1-2H3,(H,25,26,31)/t11?,12-,18+/m0/s1. The van der Waals surface area contributed by atoms with Gasteiger partial charge in [0.15, 0.2) is 16.8 Å². The number of thiazole rings is 1. The third kappa shape index (κ3) is 4.50. The largest absolute Gasteiger partial charge is 0.390 e.